The number of anilines is 2. The molecule has 12 heteroatoms. The van der Waals surface area contributed by atoms with Gasteiger partial charge < -0.3 is 15.7 Å². The first-order valence-corrected chi connectivity index (χ1v) is 13.7. The van der Waals surface area contributed by atoms with E-state index < -0.39 is 39.1 Å². The van der Waals surface area contributed by atoms with Crippen LogP contribution in [0.4, 0.5) is 15.8 Å². The summed E-state index contributed by atoms with van der Waals surface area (Å²) in [6, 6.07) is 21.1. The van der Waals surface area contributed by atoms with Gasteiger partial charge in [-0.2, -0.15) is 0 Å². The van der Waals surface area contributed by atoms with Crippen LogP contribution in [-0.2, 0) is 4.79 Å². The number of carbonyl (C=O) groups excluding carboxylic acids is 2. The molecule has 0 saturated heterocycles. The summed E-state index contributed by atoms with van der Waals surface area (Å²) in [4.78, 5) is 38.7. The maximum atomic E-state index is 13.3. The zero-order chi connectivity index (χ0) is 29.0. The van der Waals surface area contributed by atoms with Crippen molar-refractivity contribution in [2.75, 3.05) is 10.6 Å². The number of nitrogens with one attached hydrogen (secondary N) is 2. The highest BCUT2D eigenvalue weighted by atomic mass is 35.5. The maximum Gasteiger partial charge on any atom is 0.338 e. The Labute approximate surface area is 252 Å². The van der Waals surface area contributed by atoms with Crippen LogP contribution in [0.5, 0.6) is 0 Å². The molecule has 4 aromatic carbocycles. The van der Waals surface area contributed by atoms with E-state index in [4.69, 9.17) is 46.4 Å². The summed E-state index contributed by atoms with van der Waals surface area (Å²) >= 11 is 25.5. The molecule has 0 fully saturated rings. The fourth-order valence-corrected chi connectivity index (χ4v) is 5.68. The standard InChI is InChI=1S/C28H17Cl4FN2O4S/c29-21-19(20(28(38)39)22(30)24(32)23(21)31)26(36)34-17-10-12-18(13-11-17)40-25(14-4-2-1-3-5-14)27(37)35-16-8-6-15(33)7-9-16/h1-13,25H,(H,34,36)(H,35,37)(H,38,39). The molecular weight excluding hydrogens is 621 g/mol. The van der Waals surface area contributed by atoms with Crippen LogP contribution in [0.3, 0.4) is 0 Å². The van der Waals surface area contributed by atoms with Gasteiger partial charge in [-0.25, -0.2) is 9.18 Å². The number of halogens is 5. The van der Waals surface area contributed by atoms with E-state index in [-0.39, 0.29) is 21.0 Å². The van der Waals surface area contributed by atoms with E-state index in [1.807, 2.05) is 30.3 Å². The zero-order valence-corrected chi connectivity index (χ0v) is 23.9. The molecule has 2 amide bonds. The van der Waals surface area contributed by atoms with Crippen LogP contribution in [0.2, 0.25) is 20.1 Å². The first-order valence-electron chi connectivity index (χ1n) is 11.4. The van der Waals surface area contributed by atoms with E-state index in [1.54, 1.807) is 24.3 Å². The summed E-state index contributed by atoms with van der Waals surface area (Å²) < 4.78 is 13.3. The van der Waals surface area contributed by atoms with Gasteiger partial charge in [0.1, 0.15) is 11.1 Å². The number of carboxylic acids is 1. The number of carbonyl (C=O) groups is 3. The molecule has 0 aromatic heterocycles. The van der Waals surface area contributed by atoms with Gasteiger partial charge in [0.2, 0.25) is 5.91 Å². The molecule has 1 atom stereocenters. The Bertz CT molecular complexity index is 1590. The third-order valence-electron chi connectivity index (χ3n) is 5.53. The van der Waals surface area contributed by atoms with Crippen molar-refractivity contribution in [3.63, 3.8) is 0 Å². The first kappa shape index (κ1) is 29.7. The number of aromatic carboxylic acids is 1. The van der Waals surface area contributed by atoms with Crippen molar-refractivity contribution >= 4 is 87.3 Å². The first-order chi connectivity index (χ1) is 19.1. The van der Waals surface area contributed by atoms with Gasteiger partial charge in [-0.1, -0.05) is 76.7 Å². The Morgan fingerprint density at radius 2 is 1.23 bits per heavy atom. The van der Waals surface area contributed by atoms with E-state index in [0.29, 0.717) is 16.3 Å². The average Bonchev–Trinajstić information content (AvgIpc) is 2.94. The van der Waals surface area contributed by atoms with E-state index in [9.17, 15) is 23.9 Å². The van der Waals surface area contributed by atoms with Crippen LogP contribution in [0.25, 0.3) is 0 Å². The fraction of sp³-hybridized carbons (Fsp3) is 0.0357. The highest BCUT2D eigenvalue weighted by molar-refractivity contribution is 8.00. The Balaban J connectivity index is 1.55. The molecule has 6 nitrogen and oxygen atoms in total. The van der Waals surface area contributed by atoms with E-state index in [2.05, 4.69) is 10.6 Å². The Morgan fingerprint density at radius 1 is 0.700 bits per heavy atom. The Morgan fingerprint density at radius 3 is 1.80 bits per heavy atom. The molecule has 0 radical (unpaired) electrons. The molecule has 204 valence electrons. The molecule has 40 heavy (non-hydrogen) atoms. The highest BCUT2D eigenvalue weighted by Gasteiger charge is 2.29. The molecular formula is C28H17Cl4FN2O4S. The minimum atomic E-state index is -1.51. The van der Waals surface area contributed by atoms with Crippen LogP contribution in [0.15, 0.2) is 83.8 Å². The smallest absolute Gasteiger partial charge is 0.338 e. The van der Waals surface area contributed by atoms with Crippen molar-refractivity contribution in [2.45, 2.75) is 10.1 Å². The van der Waals surface area contributed by atoms with Crippen LogP contribution < -0.4 is 10.6 Å². The van der Waals surface area contributed by atoms with Crippen molar-refractivity contribution in [2.24, 2.45) is 0 Å². The summed E-state index contributed by atoms with van der Waals surface area (Å²) in [5.41, 5.74) is 0.498. The number of carboxylic acid groups (broad SMARTS) is 1. The van der Waals surface area contributed by atoms with Gasteiger partial charge in [-0.3, -0.25) is 9.59 Å². The van der Waals surface area contributed by atoms with Crippen LogP contribution in [0.1, 0.15) is 31.5 Å². The van der Waals surface area contributed by atoms with Crippen LogP contribution in [-0.4, -0.2) is 22.9 Å². The van der Waals surface area contributed by atoms with Crippen molar-refractivity contribution in [1.29, 1.82) is 0 Å². The van der Waals surface area contributed by atoms with Gasteiger partial charge in [-0.15, -0.1) is 11.8 Å². The van der Waals surface area contributed by atoms with Crippen molar-refractivity contribution in [3.05, 3.63) is 121 Å². The lowest BCUT2D eigenvalue weighted by Gasteiger charge is -2.18. The second-order valence-electron chi connectivity index (χ2n) is 8.19. The lowest BCUT2D eigenvalue weighted by Crippen LogP contribution is -2.19. The van der Waals surface area contributed by atoms with Gasteiger partial charge in [0, 0.05) is 16.3 Å². The van der Waals surface area contributed by atoms with Gasteiger partial charge in [-0.05, 0) is 54.1 Å². The second kappa shape index (κ2) is 12.9. The summed E-state index contributed by atoms with van der Waals surface area (Å²) in [5.74, 6) is -3.09. The molecule has 0 heterocycles. The minimum absolute atomic E-state index is 0.249. The average molecular weight is 638 g/mol. The molecule has 0 aliphatic carbocycles. The largest absolute Gasteiger partial charge is 0.478 e. The topological polar surface area (TPSA) is 95.5 Å². The molecule has 0 saturated carbocycles. The SMILES string of the molecule is O=C(O)c1c(Cl)c(Cl)c(Cl)c(Cl)c1C(=O)Nc1ccc(SC(C(=O)Nc2ccc(F)cc2)c2ccccc2)cc1. The summed E-state index contributed by atoms with van der Waals surface area (Å²) in [7, 11) is 0. The summed E-state index contributed by atoms with van der Waals surface area (Å²) in [6.45, 7) is 0. The lowest BCUT2D eigenvalue weighted by atomic mass is 10.1. The van der Waals surface area contributed by atoms with Crippen molar-refractivity contribution in [3.8, 4) is 0 Å². The molecule has 4 rings (SSSR count). The highest BCUT2D eigenvalue weighted by Crippen LogP contribution is 2.42. The van der Waals surface area contributed by atoms with Gasteiger partial charge in [0.05, 0.1) is 31.2 Å². The number of thioether (sulfide) groups is 1. The summed E-state index contributed by atoms with van der Waals surface area (Å²) in [6.07, 6.45) is 0. The number of amides is 2. The number of benzene rings is 4. The lowest BCUT2D eigenvalue weighted by molar-refractivity contribution is -0.115. The van der Waals surface area contributed by atoms with Crippen molar-refractivity contribution in [1.82, 2.24) is 0 Å². The normalized spacial score (nSPS) is 11.5. The number of hydrogen-bond donors (Lipinski definition) is 3. The minimum Gasteiger partial charge on any atom is -0.478 e. The van der Waals surface area contributed by atoms with E-state index in [0.717, 1.165) is 5.56 Å². The quantitative estimate of drug-likeness (QED) is 0.102. The number of hydrogen-bond acceptors (Lipinski definition) is 4. The third kappa shape index (κ3) is 6.71. The maximum absolute atomic E-state index is 13.3. The van der Waals surface area contributed by atoms with Gasteiger partial charge >= 0.3 is 5.97 Å². The predicted octanol–water partition coefficient (Wildman–Crippen LogP) is 8.86. The Kier molecular flexibility index (Phi) is 9.60. The third-order valence-corrected chi connectivity index (χ3v) is 8.59. The monoisotopic (exact) mass is 636 g/mol. The van der Waals surface area contributed by atoms with Gasteiger partial charge in [0.15, 0.2) is 0 Å². The number of rotatable bonds is 8. The fourth-order valence-electron chi connectivity index (χ4n) is 3.63. The van der Waals surface area contributed by atoms with Crippen molar-refractivity contribution < 1.29 is 23.9 Å². The Hall–Kier alpha value is -3.27. The molecule has 0 bridgehead atoms. The second-order valence-corrected chi connectivity index (χ2v) is 10.9. The van der Waals surface area contributed by atoms with E-state index in [1.165, 1.54) is 36.0 Å². The predicted molar refractivity (Wildman–Crippen MR) is 158 cm³/mol. The van der Waals surface area contributed by atoms with Crippen LogP contribution >= 0.6 is 58.2 Å². The summed E-state index contributed by atoms with van der Waals surface area (Å²) in [5, 5.41) is 13.0. The molecule has 4 aromatic rings. The molecule has 0 aliphatic heterocycles. The van der Waals surface area contributed by atoms with Crippen LogP contribution in [0, 0.1) is 5.82 Å². The van der Waals surface area contributed by atoms with E-state index >= 15 is 0 Å². The molecule has 3 N–H and O–H groups in total. The van der Waals surface area contributed by atoms with Gasteiger partial charge in [0.25, 0.3) is 5.91 Å². The molecule has 0 spiro atoms. The molecule has 1 unspecified atom stereocenters. The zero-order valence-electron chi connectivity index (χ0n) is 20.1. The molecule has 0 aliphatic rings.